The van der Waals surface area contributed by atoms with Crippen LogP contribution >= 0.6 is 0 Å². The molecule has 3 aliphatic rings. The molecule has 1 N–H and O–H groups in total. The van der Waals surface area contributed by atoms with E-state index in [1.165, 1.54) is 23.4 Å². The lowest BCUT2D eigenvalue weighted by atomic mass is 9.83. The Bertz CT molecular complexity index is 1020. The van der Waals surface area contributed by atoms with Crippen LogP contribution in [0.1, 0.15) is 24.0 Å². The van der Waals surface area contributed by atoms with Crippen LogP contribution in [0.15, 0.2) is 48.5 Å². The van der Waals surface area contributed by atoms with E-state index in [9.17, 15) is 14.0 Å². The fraction of sp³-hybridized carbons (Fsp3) is 0.462. The molecule has 2 unspecified atom stereocenters. The van der Waals surface area contributed by atoms with E-state index in [0.717, 1.165) is 44.6 Å². The zero-order chi connectivity index (χ0) is 22.8. The van der Waals surface area contributed by atoms with Crippen molar-refractivity contribution in [3.05, 3.63) is 65.5 Å². The smallest absolute Gasteiger partial charge is 0.236 e. The summed E-state index contributed by atoms with van der Waals surface area (Å²) in [5.74, 6) is -0.344. The van der Waals surface area contributed by atoms with Gasteiger partial charge in [0.2, 0.25) is 11.8 Å². The summed E-state index contributed by atoms with van der Waals surface area (Å²) in [6.07, 6.45) is 2.85. The second kappa shape index (κ2) is 9.51. The lowest BCUT2D eigenvalue weighted by Gasteiger charge is -2.49. The van der Waals surface area contributed by atoms with Gasteiger partial charge in [-0.1, -0.05) is 30.3 Å². The number of benzene rings is 2. The highest BCUT2D eigenvalue weighted by molar-refractivity contribution is 5.82. The number of piperazine rings is 1. The van der Waals surface area contributed by atoms with Gasteiger partial charge in [0, 0.05) is 45.0 Å². The summed E-state index contributed by atoms with van der Waals surface area (Å²) in [6.45, 7) is 4.74. The van der Waals surface area contributed by atoms with Crippen molar-refractivity contribution in [1.82, 2.24) is 15.1 Å². The van der Waals surface area contributed by atoms with E-state index in [0.29, 0.717) is 26.1 Å². The second-order valence-corrected chi connectivity index (χ2v) is 9.37. The van der Waals surface area contributed by atoms with Crippen LogP contribution in [0.5, 0.6) is 0 Å². The van der Waals surface area contributed by atoms with Gasteiger partial charge in [0.25, 0.3) is 0 Å². The molecule has 0 aromatic heterocycles. The Labute approximate surface area is 194 Å². The summed E-state index contributed by atoms with van der Waals surface area (Å²) >= 11 is 0. The van der Waals surface area contributed by atoms with Crippen LogP contribution < -0.4 is 10.2 Å². The van der Waals surface area contributed by atoms with Crippen LogP contribution in [0.2, 0.25) is 0 Å². The molecule has 2 fully saturated rings. The van der Waals surface area contributed by atoms with Crippen molar-refractivity contribution in [2.75, 3.05) is 44.2 Å². The third kappa shape index (κ3) is 4.74. The molecule has 33 heavy (non-hydrogen) atoms. The summed E-state index contributed by atoms with van der Waals surface area (Å²) in [7, 11) is 0. The highest BCUT2D eigenvalue weighted by Gasteiger charge is 2.41. The van der Waals surface area contributed by atoms with Gasteiger partial charge in [-0.25, -0.2) is 4.39 Å². The molecule has 2 amide bonds. The Balaban J connectivity index is 1.31. The molecule has 0 saturated carbocycles. The summed E-state index contributed by atoms with van der Waals surface area (Å²) in [4.78, 5) is 32.6. The maximum atomic E-state index is 13.5. The van der Waals surface area contributed by atoms with E-state index in [1.807, 2.05) is 23.1 Å². The van der Waals surface area contributed by atoms with E-state index in [-0.39, 0.29) is 29.6 Å². The molecule has 5 rings (SSSR count). The number of hydrogen-bond donors (Lipinski definition) is 1. The minimum atomic E-state index is -0.301. The molecule has 3 aliphatic heterocycles. The number of carbonyl (C=O) groups excluding carboxylic acids is 2. The quantitative estimate of drug-likeness (QED) is 0.760. The van der Waals surface area contributed by atoms with Crippen molar-refractivity contribution in [1.29, 1.82) is 0 Å². The number of likely N-dealkylation sites (tertiary alicyclic amines) is 1. The van der Waals surface area contributed by atoms with Gasteiger partial charge < -0.3 is 15.1 Å². The van der Waals surface area contributed by atoms with E-state index in [4.69, 9.17) is 0 Å². The van der Waals surface area contributed by atoms with Crippen LogP contribution in [0, 0.1) is 11.7 Å². The molecule has 6 nitrogen and oxygen atoms in total. The third-order valence-electron chi connectivity index (χ3n) is 7.22. The SMILES string of the molecule is O=C(NCc1cccc(F)c1)C1Cc2ccccc2N2CCN(CC(=O)N3CCCC3)CC12. The Morgan fingerprint density at radius 2 is 1.82 bits per heavy atom. The first kappa shape index (κ1) is 21.9. The number of rotatable bonds is 5. The van der Waals surface area contributed by atoms with Crippen LogP contribution in [0.3, 0.4) is 0 Å². The highest BCUT2D eigenvalue weighted by Crippen LogP contribution is 2.36. The molecular weight excluding hydrogens is 419 g/mol. The Morgan fingerprint density at radius 3 is 2.64 bits per heavy atom. The lowest BCUT2D eigenvalue weighted by molar-refractivity contribution is -0.131. The molecule has 174 valence electrons. The predicted molar refractivity (Wildman–Crippen MR) is 125 cm³/mol. The summed E-state index contributed by atoms with van der Waals surface area (Å²) < 4.78 is 13.5. The van der Waals surface area contributed by atoms with Crippen LogP contribution in [-0.4, -0.2) is 66.9 Å². The minimum absolute atomic E-state index is 0.00698. The zero-order valence-electron chi connectivity index (χ0n) is 18.9. The minimum Gasteiger partial charge on any atom is -0.365 e. The molecule has 2 aromatic rings. The molecule has 0 aliphatic carbocycles. The fourth-order valence-corrected chi connectivity index (χ4v) is 5.49. The number of halogens is 1. The summed E-state index contributed by atoms with van der Waals surface area (Å²) in [5.41, 5.74) is 3.13. The van der Waals surface area contributed by atoms with Crippen molar-refractivity contribution in [3.63, 3.8) is 0 Å². The number of hydrogen-bond acceptors (Lipinski definition) is 4. The maximum Gasteiger partial charge on any atom is 0.236 e. The van der Waals surface area contributed by atoms with Gasteiger partial charge in [0.1, 0.15) is 5.82 Å². The van der Waals surface area contributed by atoms with Gasteiger partial charge in [0.05, 0.1) is 18.5 Å². The van der Waals surface area contributed by atoms with Gasteiger partial charge in [0.15, 0.2) is 0 Å². The van der Waals surface area contributed by atoms with Crippen LogP contribution in [0.4, 0.5) is 10.1 Å². The van der Waals surface area contributed by atoms with Crippen molar-refractivity contribution < 1.29 is 14.0 Å². The predicted octanol–water partition coefficient (Wildman–Crippen LogP) is 2.43. The first-order valence-electron chi connectivity index (χ1n) is 12.0. The number of fused-ring (bicyclic) bond motifs is 3. The van der Waals surface area contributed by atoms with Gasteiger partial charge in [-0.2, -0.15) is 0 Å². The van der Waals surface area contributed by atoms with Gasteiger partial charge in [-0.15, -0.1) is 0 Å². The van der Waals surface area contributed by atoms with Gasteiger partial charge in [-0.3, -0.25) is 14.5 Å². The first-order chi connectivity index (χ1) is 16.1. The average molecular weight is 451 g/mol. The van der Waals surface area contributed by atoms with Crippen LogP contribution in [0.25, 0.3) is 0 Å². The van der Waals surface area contributed by atoms with Crippen LogP contribution in [-0.2, 0) is 22.6 Å². The average Bonchev–Trinajstić information content (AvgIpc) is 3.37. The Kier molecular flexibility index (Phi) is 6.31. The number of nitrogens with zero attached hydrogens (tertiary/aromatic N) is 3. The third-order valence-corrected chi connectivity index (χ3v) is 7.22. The molecule has 3 heterocycles. The Morgan fingerprint density at radius 1 is 1.00 bits per heavy atom. The molecule has 7 heteroatoms. The molecular formula is C26H31FN4O2. The zero-order valence-corrected chi connectivity index (χ0v) is 18.9. The van der Waals surface area contributed by atoms with Gasteiger partial charge in [-0.05, 0) is 48.6 Å². The maximum absolute atomic E-state index is 13.5. The molecule has 0 spiro atoms. The van der Waals surface area contributed by atoms with Crippen molar-refractivity contribution in [2.45, 2.75) is 31.8 Å². The standard InChI is InChI=1S/C26H31FN4O2/c27-21-8-5-6-19(14-21)16-28-26(33)22-15-20-7-1-2-9-23(20)31-13-12-29(17-24(22)31)18-25(32)30-10-3-4-11-30/h1-2,5-9,14,22,24H,3-4,10-13,15-18H2,(H,28,33). The van der Waals surface area contributed by atoms with E-state index >= 15 is 0 Å². The summed E-state index contributed by atoms with van der Waals surface area (Å²) in [5, 5.41) is 3.03. The topological polar surface area (TPSA) is 55.9 Å². The molecule has 2 saturated heterocycles. The number of anilines is 1. The van der Waals surface area contributed by atoms with Crippen molar-refractivity contribution in [3.8, 4) is 0 Å². The van der Waals surface area contributed by atoms with E-state index in [1.54, 1.807) is 6.07 Å². The van der Waals surface area contributed by atoms with Crippen molar-refractivity contribution >= 4 is 17.5 Å². The Hall–Kier alpha value is -2.93. The molecule has 0 radical (unpaired) electrons. The molecule has 0 bridgehead atoms. The monoisotopic (exact) mass is 450 g/mol. The molecule has 2 atom stereocenters. The molecule has 2 aromatic carbocycles. The largest absolute Gasteiger partial charge is 0.365 e. The van der Waals surface area contributed by atoms with Crippen molar-refractivity contribution in [2.24, 2.45) is 5.92 Å². The second-order valence-electron chi connectivity index (χ2n) is 9.37. The highest BCUT2D eigenvalue weighted by atomic mass is 19.1. The first-order valence-corrected chi connectivity index (χ1v) is 12.0. The lowest BCUT2D eigenvalue weighted by Crippen LogP contribution is -2.62. The fourth-order valence-electron chi connectivity index (χ4n) is 5.49. The normalized spacial score (nSPS) is 22.6. The van der Waals surface area contributed by atoms with Gasteiger partial charge >= 0.3 is 0 Å². The van der Waals surface area contributed by atoms with E-state index in [2.05, 4.69) is 27.2 Å². The number of amides is 2. The number of carbonyl (C=O) groups is 2. The summed E-state index contributed by atoms with van der Waals surface area (Å²) in [6, 6.07) is 14.6. The van der Waals surface area contributed by atoms with E-state index < -0.39 is 0 Å². The number of para-hydroxylation sites is 1. The number of nitrogens with one attached hydrogen (secondary N) is 1.